The SMILES string of the molecule is Cc1ccc(Cl)cc1Nc1scnc1C(=O)O. The summed E-state index contributed by atoms with van der Waals surface area (Å²) in [5.74, 6) is -1.05. The molecule has 6 heteroatoms. The van der Waals surface area contributed by atoms with Gasteiger partial charge in [-0.05, 0) is 24.6 Å². The van der Waals surface area contributed by atoms with Crippen LogP contribution in [0.25, 0.3) is 0 Å². The Kier molecular flexibility index (Phi) is 3.31. The maximum atomic E-state index is 10.9. The Labute approximate surface area is 107 Å². The first-order chi connectivity index (χ1) is 8.08. The van der Waals surface area contributed by atoms with Crippen LogP contribution in [0.2, 0.25) is 5.02 Å². The molecule has 0 saturated carbocycles. The number of aryl methyl sites for hydroxylation is 1. The van der Waals surface area contributed by atoms with Crippen molar-refractivity contribution in [1.29, 1.82) is 0 Å². The second-order valence-corrected chi connectivity index (χ2v) is 4.71. The van der Waals surface area contributed by atoms with Crippen molar-refractivity contribution in [3.8, 4) is 0 Å². The van der Waals surface area contributed by atoms with Crippen molar-refractivity contribution < 1.29 is 9.90 Å². The first-order valence-corrected chi connectivity index (χ1v) is 6.03. The van der Waals surface area contributed by atoms with E-state index in [9.17, 15) is 4.79 Å². The van der Waals surface area contributed by atoms with Crippen molar-refractivity contribution in [2.24, 2.45) is 0 Å². The molecule has 0 amide bonds. The molecule has 2 aromatic rings. The summed E-state index contributed by atoms with van der Waals surface area (Å²) < 4.78 is 0. The molecule has 1 aromatic heterocycles. The van der Waals surface area contributed by atoms with Gasteiger partial charge in [-0.3, -0.25) is 0 Å². The number of carboxylic acid groups (broad SMARTS) is 1. The molecule has 4 nitrogen and oxygen atoms in total. The number of hydrogen-bond donors (Lipinski definition) is 2. The Hall–Kier alpha value is -1.59. The zero-order chi connectivity index (χ0) is 12.4. The number of rotatable bonds is 3. The summed E-state index contributed by atoms with van der Waals surface area (Å²) in [4.78, 5) is 14.7. The van der Waals surface area contributed by atoms with Crippen molar-refractivity contribution in [2.75, 3.05) is 5.32 Å². The molecule has 2 rings (SSSR count). The molecule has 17 heavy (non-hydrogen) atoms. The summed E-state index contributed by atoms with van der Waals surface area (Å²) >= 11 is 7.13. The van der Waals surface area contributed by atoms with Gasteiger partial charge in [0.25, 0.3) is 0 Å². The van der Waals surface area contributed by atoms with Gasteiger partial charge in [-0.2, -0.15) is 0 Å². The normalized spacial score (nSPS) is 10.2. The summed E-state index contributed by atoms with van der Waals surface area (Å²) in [7, 11) is 0. The highest BCUT2D eigenvalue weighted by Gasteiger charge is 2.14. The van der Waals surface area contributed by atoms with E-state index in [4.69, 9.17) is 16.7 Å². The number of aromatic nitrogens is 1. The number of nitrogens with zero attached hydrogens (tertiary/aromatic N) is 1. The van der Waals surface area contributed by atoms with Crippen LogP contribution in [0.15, 0.2) is 23.7 Å². The number of nitrogens with one attached hydrogen (secondary N) is 1. The number of carboxylic acids is 1. The zero-order valence-electron chi connectivity index (χ0n) is 8.90. The minimum Gasteiger partial charge on any atom is -0.476 e. The molecule has 0 fully saturated rings. The topological polar surface area (TPSA) is 62.2 Å². The van der Waals surface area contributed by atoms with Gasteiger partial charge in [0.05, 0.1) is 5.51 Å². The molecule has 0 spiro atoms. The summed E-state index contributed by atoms with van der Waals surface area (Å²) in [6.45, 7) is 1.92. The molecule has 2 N–H and O–H groups in total. The maximum Gasteiger partial charge on any atom is 0.357 e. The summed E-state index contributed by atoms with van der Waals surface area (Å²) in [6, 6.07) is 5.40. The minimum absolute atomic E-state index is 0.0226. The monoisotopic (exact) mass is 268 g/mol. The largest absolute Gasteiger partial charge is 0.476 e. The summed E-state index contributed by atoms with van der Waals surface area (Å²) in [5.41, 5.74) is 3.28. The van der Waals surface area contributed by atoms with E-state index >= 15 is 0 Å². The lowest BCUT2D eigenvalue weighted by Gasteiger charge is -2.08. The van der Waals surface area contributed by atoms with E-state index in [1.165, 1.54) is 16.8 Å². The van der Waals surface area contributed by atoms with Crippen LogP contribution >= 0.6 is 22.9 Å². The van der Waals surface area contributed by atoms with E-state index in [-0.39, 0.29) is 5.69 Å². The maximum absolute atomic E-state index is 10.9. The molecule has 88 valence electrons. The van der Waals surface area contributed by atoms with Gasteiger partial charge < -0.3 is 10.4 Å². The predicted octanol–water partition coefficient (Wildman–Crippen LogP) is 3.55. The highest BCUT2D eigenvalue weighted by molar-refractivity contribution is 7.14. The van der Waals surface area contributed by atoms with Crippen molar-refractivity contribution >= 4 is 39.6 Å². The van der Waals surface area contributed by atoms with E-state index < -0.39 is 5.97 Å². The first-order valence-electron chi connectivity index (χ1n) is 4.78. The van der Waals surface area contributed by atoms with E-state index in [2.05, 4.69) is 10.3 Å². The number of carbonyl (C=O) groups is 1. The molecular weight excluding hydrogens is 260 g/mol. The van der Waals surface area contributed by atoms with Crippen LogP contribution in [0.4, 0.5) is 10.7 Å². The second kappa shape index (κ2) is 4.73. The Morgan fingerprint density at radius 3 is 3.00 bits per heavy atom. The van der Waals surface area contributed by atoms with Gasteiger partial charge in [0.2, 0.25) is 0 Å². The predicted molar refractivity (Wildman–Crippen MR) is 68.5 cm³/mol. The van der Waals surface area contributed by atoms with Gasteiger partial charge >= 0.3 is 5.97 Å². The lowest BCUT2D eigenvalue weighted by Crippen LogP contribution is -2.01. The fourth-order valence-corrected chi connectivity index (χ4v) is 2.19. The Balaban J connectivity index is 2.34. The number of anilines is 2. The molecule has 0 radical (unpaired) electrons. The Bertz CT molecular complexity index is 568. The van der Waals surface area contributed by atoms with Crippen LogP contribution < -0.4 is 5.32 Å². The summed E-state index contributed by atoms with van der Waals surface area (Å²) in [5, 5.41) is 13.1. The van der Waals surface area contributed by atoms with E-state index in [1.807, 2.05) is 13.0 Å². The van der Waals surface area contributed by atoms with Gasteiger partial charge in [-0.25, -0.2) is 9.78 Å². The smallest absolute Gasteiger partial charge is 0.357 e. The highest BCUT2D eigenvalue weighted by Crippen LogP contribution is 2.28. The zero-order valence-corrected chi connectivity index (χ0v) is 10.5. The van der Waals surface area contributed by atoms with Crippen LogP contribution in [-0.2, 0) is 0 Å². The fraction of sp³-hybridized carbons (Fsp3) is 0.0909. The average molecular weight is 269 g/mol. The molecule has 1 aromatic carbocycles. The first kappa shape index (κ1) is 11.9. The van der Waals surface area contributed by atoms with E-state index in [1.54, 1.807) is 12.1 Å². The molecule has 1 heterocycles. The third kappa shape index (κ3) is 2.57. The molecule has 0 aliphatic carbocycles. The van der Waals surface area contributed by atoms with Crippen LogP contribution in [0.3, 0.4) is 0 Å². The molecule has 0 saturated heterocycles. The Morgan fingerprint density at radius 1 is 1.53 bits per heavy atom. The third-order valence-electron chi connectivity index (χ3n) is 2.22. The highest BCUT2D eigenvalue weighted by atomic mass is 35.5. The van der Waals surface area contributed by atoms with Crippen LogP contribution in [0.1, 0.15) is 16.1 Å². The van der Waals surface area contributed by atoms with Gasteiger partial charge in [0.15, 0.2) is 5.69 Å². The molecule has 0 unspecified atom stereocenters. The molecule has 0 atom stereocenters. The van der Waals surface area contributed by atoms with Crippen molar-refractivity contribution in [3.63, 3.8) is 0 Å². The molecule has 0 aliphatic heterocycles. The number of thiazole rings is 1. The quantitative estimate of drug-likeness (QED) is 0.894. The van der Waals surface area contributed by atoms with E-state index in [0.29, 0.717) is 10.0 Å². The van der Waals surface area contributed by atoms with Gasteiger partial charge in [-0.1, -0.05) is 17.7 Å². The molecule has 0 bridgehead atoms. The number of hydrogen-bond acceptors (Lipinski definition) is 4. The Morgan fingerprint density at radius 2 is 2.29 bits per heavy atom. The van der Waals surface area contributed by atoms with Crippen LogP contribution in [-0.4, -0.2) is 16.1 Å². The van der Waals surface area contributed by atoms with Crippen molar-refractivity contribution in [2.45, 2.75) is 6.92 Å². The van der Waals surface area contributed by atoms with Crippen LogP contribution in [0.5, 0.6) is 0 Å². The lowest BCUT2D eigenvalue weighted by atomic mass is 10.2. The van der Waals surface area contributed by atoms with Gasteiger partial charge in [0.1, 0.15) is 5.00 Å². The fourth-order valence-electron chi connectivity index (χ4n) is 1.34. The lowest BCUT2D eigenvalue weighted by molar-refractivity contribution is 0.0692. The van der Waals surface area contributed by atoms with Crippen molar-refractivity contribution in [1.82, 2.24) is 4.98 Å². The second-order valence-electron chi connectivity index (χ2n) is 3.42. The number of halogens is 1. The average Bonchev–Trinajstić information content (AvgIpc) is 2.71. The van der Waals surface area contributed by atoms with Gasteiger partial charge in [0, 0.05) is 10.7 Å². The van der Waals surface area contributed by atoms with E-state index in [0.717, 1.165) is 11.3 Å². The third-order valence-corrected chi connectivity index (χ3v) is 3.19. The molecular formula is C11H9ClN2O2S. The number of aromatic carboxylic acids is 1. The van der Waals surface area contributed by atoms with Gasteiger partial charge in [-0.15, -0.1) is 11.3 Å². The molecule has 0 aliphatic rings. The standard InChI is InChI=1S/C11H9ClN2O2S/c1-6-2-3-7(12)4-8(6)14-10-9(11(15)16)13-5-17-10/h2-5,14H,1H3,(H,15,16). The minimum atomic E-state index is -1.05. The van der Waals surface area contributed by atoms with Crippen molar-refractivity contribution in [3.05, 3.63) is 40.0 Å². The summed E-state index contributed by atoms with van der Waals surface area (Å²) in [6.07, 6.45) is 0. The van der Waals surface area contributed by atoms with Crippen LogP contribution in [0, 0.1) is 6.92 Å². The number of benzene rings is 1.